The van der Waals surface area contributed by atoms with Crippen LogP contribution in [0.1, 0.15) is 30.5 Å². The van der Waals surface area contributed by atoms with E-state index in [9.17, 15) is 8.42 Å². The molecular weight excluding hydrogens is 328 g/mol. The van der Waals surface area contributed by atoms with Crippen LogP contribution >= 0.6 is 11.6 Å². The number of halogens is 1. The zero-order valence-electron chi connectivity index (χ0n) is 11.9. The van der Waals surface area contributed by atoms with Crippen LogP contribution in [0, 0.1) is 6.92 Å². The van der Waals surface area contributed by atoms with Crippen molar-refractivity contribution >= 4 is 21.6 Å². The predicted octanol–water partition coefficient (Wildman–Crippen LogP) is 1.99. The Balaban J connectivity index is 1.73. The molecule has 7 nitrogen and oxygen atoms in total. The topological polar surface area (TPSA) is 89.2 Å². The van der Waals surface area contributed by atoms with Crippen LogP contribution < -0.4 is 0 Å². The molecule has 0 N–H and O–H groups in total. The van der Waals surface area contributed by atoms with Crippen molar-refractivity contribution in [1.29, 1.82) is 0 Å². The lowest BCUT2D eigenvalue weighted by Gasteiger charge is -2.29. The maximum absolute atomic E-state index is 12.6. The highest BCUT2D eigenvalue weighted by Gasteiger charge is 2.31. The first-order chi connectivity index (χ1) is 10.5. The number of hydrogen-bond donors (Lipinski definition) is 0. The normalized spacial score (nSPS) is 17.7. The Kier molecular flexibility index (Phi) is 4.16. The molecule has 2 aromatic heterocycles. The van der Waals surface area contributed by atoms with Crippen LogP contribution in [0.15, 0.2) is 27.9 Å². The Morgan fingerprint density at radius 1 is 1.32 bits per heavy atom. The van der Waals surface area contributed by atoms with Crippen molar-refractivity contribution in [1.82, 2.24) is 19.4 Å². The quantitative estimate of drug-likeness (QED) is 0.847. The number of nitrogens with zero attached hydrogens (tertiary/aromatic N) is 4. The number of rotatable bonds is 3. The van der Waals surface area contributed by atoms with E-state index in [0.29, 0.717) is 42.7 Å². The van der Waals surface area contributed by atoms with Crippen molar-refractivity contribution in [2.24, 2.45) is 0 Å². The number of pyridine rings is 1. The number of sulfonamides is 1. The molecule has 1 saturated heterocycles. The standard InChI is InChI=1S/C13H15ClN4O3S/c1-9-16-13(17-21-9)10-2-4-18(5-3-10)22(19,20)12-6-11(14)7-15-8-12/h6-8,10H,2-5H2,1H3. The third-order valence-electron chi connectivity index (χ3n) is 3.68. The van der Waals surface area contributed by atoms with E-state index < -0.39 is 10.0 Å². The molecule has 0 bridgehead atoms. The Hall–Kier alpha value is -1.51. The van der Waals surface area contributed by atoms with E-state index >= 15 is 0 Å². The van der Waals surface area contributed by atoms with Gasteiger partial charge in [-0.15, -0.1) is 0 Å². The second-order valence-electron chi connectivity index (χ2n) is 5.19. The number of piperidine rings is 1. The second kappa shape index (κ2) is 5.94. The first-order valence-corrected chi connectivity index (χ1v) is 8.69. The van der Waals surface area contributed by atoms with E-state index in [1.807, 2.05) is 0 Å². The van der Waals surface area contributed by atoms with Crippen LogP contribution in [0.2, 0.25) is 5.02 Å². The van der Waals surface area contributed by atoms with Crippen LogP contribution in [-0.4, -0.2) is 40.9 Å². The summed E-state index contributed by atoms with van der Waals surface area (Å²) in [7, 11) is -3.56. The number of aryl methyl sites for hydroxylation is 1. The molecule has 0 atom stereocenters. The van der Waals surface area contributed by atoms with Gasteiger partial charge in [0.25, 0.3) is 0 Å². The molecule has 0 aliphatic carbocycles. The minimum Gasteiger partial charge on any atom is -0.340 e. The summed E-state index contributed by atoms with van der Waals surface area (Å²) in [6.45, 7) is 2.56. The van der Waals surface area contributed by atoms with Crippen LogP contribution in [0.4, 0.5) is 0 Å². The molecule has 0 unspecified atom stereocenters. The first kappa shape index (κ1) is 15.4. The number of hydrogen-bond acceptors (Lipinski definition) is 6. The van der Waals surface area contributed by atoms with Gasteiger partial charge in [0.2, 0.25) is 15.9 Å². The molecule has 1 fully saturated rings. The first-order valence-electron chi connectivity index (χ1n) is 6.88. The van der Waals surface area contributed by atoms with E-state index in [1.54, 1.807) is 6.92 Å². The van der Waals surface area contributed by atoms with Gasteiger partial charge in [-0.25, -0.2) is 8.42 Å². The van der Waals surface area contributed by atoms with Crippen molar-refractivity contribution in [3.8, 4) is 0 Å². The van der Waals surface area contributed by atoms with Gasteiger partial charge in [0.1, 0.15) is 4.90 Å². The Bertz CT molecular complexity index is 769. The molecule has 1 aliphatic rings. The average Bonchev–Trinajstić information content (AvgIpc) is 2.94. The lowest BCUT2D eigenvalue weighted by Crippen LogP contribution is -2.38. The van der Waals surface area contributed by atoms with E-state index in [4.69, 9.17) is 16.1 Å². The van der Waals surface area contributed by atoms with Gasteiger partial charge >= 0.3 is 0 Å². The highest BCUT2D eigenvalue weighted by atomic mass is 35.5. The third-order valence-corrected chi connectivity index (χ3v) is 5.75. The van der Waals surface area contributed by atoms with Gasteiger partial charge in [-0.05, 0) is 18.9 Å². The lowest BCUT2D eigenvalue weighted by atomic mass is 9.98. The molecule has 2 aromatic rings. The molecule has 0 amide bonds. The minimum absolute atomic E-state index is 0.119. The highest BCUT2D eigenvalue weighted by Crippen LogP contribution is 2.29. The molecule has 118 valence electrons. The smallest absolute Gasteiger partial charge is 0.244 e. The van der Waals surface area contributed by atoms with Crippen LogP contribution in [0.25, 0.3) is 0 Å². The van der Waals surface area contributed by atoms with Gasteiger partial charge in [-0.3, -0.25) is 4.98 Å². The minimum atomic E-state index is -3.56. The monoisotopic (exact) mass is 342 g/mol. The fourth-order valence-corrected chi connectivity index (χ4v) is 4.22. The van der Waals surface area contributed by atoms with Crippen molar-refractivity contribution in [3.05, 3.63) is 35.2 Å². The molecule has 3 heterocycles. The zero-order valence-corrected chi connectivity index (χ0v) is 13.5. The molecule has 0 spiro atoms. The summed E-state index contributed by atoms with van der Waals surface area (Å²) in [5.41, 5.74) is 0. The fraction of sp³-hybridized carbons (Fsp3) is 0.462. The number of aromatic nitrogens is 3. The molecule has 1 aliphatic heterocycles. The van der Waals surface area contributed by atoms with E-state index in [-0.39, 0.29) is 10.8 Å². The van der Waals surface area contributed by atoms with Gasteiger partial charge in [-0.2, -0.15) is 9.29 Å². The molecule has 3 rings (SSSR count). The van der Waals surface area contributed by atoms with Crippen LogP contribution in [-0.2, 0) is 10.0 Å². The van der Waals surface area contributed by atoms with Gasteiger partial charge in [-0.1, -0.05) is 16.8 Å². The second-order valence-corrected chi connectivity index (χ2v) is 7.56. The Morgan fingerprint density at radius 3 is 2.64 bits per heavy atom. The van der Waals surface area contributed by atoms with Crippen molar-refractivity contribution in [2.75, 3.05) is 13.1 Å². The predicted molar refractivity (Wildman–Crippen MR) is 79.0 cm³/mol. The molecule has 0 radical (unpaired) electrons. The lowest BCUT2D eigenvalue weighted by molar-refractivity contribution is 0.305. The maximum Gasteiger partial charge on any atom is 0.244 e. The molecule has 0 aromatic carbocycles. The fourth-order valence-electron chi connectivity index (χ4n) is 2.52. The largest absolute Gasteiger partial charge is 0.340 e. The highest BCUT2D eigenvalue weighted by molar-refractivity contribution is 7.89. The SMILES string of the molecule is Cc1nc(C2CCN(S(=O)(=O)c3cncc(Cl)c3)CC2)no1. The summed E-state index contributed by atoms with van der Waals surface area (Å²) in [4.78, 5) is 8.18. The van der Waals surface area contributed by atoms with E-state index in [1.165, 1.54) is 22.8 Å². The summed E-state index contributed by atoms with van der Waals surface area (Å²) in [6.07, 6.45) is 4.04. The van der Waals surface area contributed by atoms with Crippen LogP contribution in [0.3, 0.4) is 0 Å². The van der Waals surface area contributed by atoms with Gasteiger partial charge in [0.15, 0.2) is 5.82 Å². The molecule has 0 saturated carbocycles. The van der Waals surface area contributed by atoms with E-state index in [0.717, 1.165) is 0 Å². The molecule has 9 heteroatoms. The Labute approximate surface area is 133 Å². The van der Waals surface area contributed by atoms with Crippen molar-refractivity contribution < 1.29 is 12.9 Å². The summed E-state index contributed by atoms with van der Waals surface area (Å²) >= 11 is 5.82. The Morgan fingerprint density at radius 2 is 2.05 bits per heavy atom. The van der Waals surface area contributed by atoms with Crippen molar-refractivity contribution in [2.45, 2.75) is 30.6 Å². The third kappa shape index (κ3) is 2.99. The zero-order chi connectivity index (χ0) is 15.7. The summed E-state index contributed by atoms with van der Waals surface area (Å²) in [5.74, 6) is 1.30. The average molecular weight is 343 g/mol. The van der Waals surface area contributed by atoms with Gasteiger partial charge < -0.3 is 4.52 Å². The summed E-state index contributed by atoms with van der Waals surface area (Å²) in [6, 6.07) is 1.42. The van der Waals surface area contributed by atoms with Crippen LogP contribution in [0.5, 0.6) is 0 Å². The maximum atomic E-state index is 12.6. The van der Waals surface area contributed by atoms with Crippen molar-refractivity contribution in [3.63, 3.8) is 0 Å². The molecule has 22 heavy (non-hydrogen) atoms. The van der Waals surface area contributed by atoms with E-state index in [2.05, 4.69) is 15.1 Å². The van der Waals surface area contributed by atoms with Gasteiger partial charge in [0, 0.05) is 38.3 Å². The summed E-state index contributed by atoms with van der Waals surface area (Å²) in [5, 5.41) is 4.22. The summed E-state index contributed by atoms with van der Waals surface area (Å²) < 4.78 is 31.6. The molecular formula is C13H15ClN4O3S. The van der Waals surface area contributed by atoms with Gasteiger partial charge in [0.05, 0.1) is 5.02 Å².